The SMILES string of the molecule is CC(C)NCC(C)c1cccc(F)c1F. The van der Waals surface area contributed by atoms with Crippen LogP contribution < -0.4 is 5.32 Å². The Labute approximate surface area is 89.5 Å². The molecule has 1 N–H and O–H groups in total. The summed E-state index contributed by atoms with van der Waals surface area (Å²) in [5, 5.41) is 3.20. The molecule has 1 nitrogen and oxygen atoms in total. The molecule has 0 radical (unpaired) electrons. The van der Waals surface area contributed by atoms with Crippen LogP contribution in [0, 0.1) is 11.6 Å². The Morgan fingerprint density at radius 1 is 1.20 bits per heavy atom. The molecule has 0 fully saturated rings. The first-order valence-electron chi connectivity index (χ1n) is 5.19. The van der Waals surface area contributed by atoms with Gasteiger partial charge >= 0.3 is 0 Å². The Morgan fingerprint density at radius 2 is 1.87 bits per heavy atom. The zero-order valence-corrected chi connectivity index (χ0v) is 9.35. The van der Waals surface area contributed by atoms with Gasteiger partial charge in [-0.2, -0.15) is 0 Å². The Kier molecular flexibility index (Phi) is 4.21. The fraction of sp³-hybridized carbons (Fsp3) is 0.500. The molecule has 0 bridgehead atoms. The molecule has 0 spiro atoms. The summed E-state index contributed by atoms with van der Waals surface area (Å²) in [6.07, 6.45) is 0. The van der Waals surface area contributed by atoms with E-state index in [1.54, 1.807) is 12.1 Å². The Morgan fingerprint density at radius 3 is 2.47 bits per heavy atom. The molecule has 1 aromatic carbocycles. The van der Waals surface area contributed by atoms with Crippen LogP contribution in [0.2, 0.25) is 0 Å². The van der Waals surface area contributed by atoms with Gasteiger partial charge < -0.3 is 5.32 Å². The molecule has 1 unspecified atom stereocenters. The van der Waals surface area contributed by atoms with Crippen LogP contribution in [0.15, 0.2) is 18.2 Å². The molecule has 3 heteroatoms. The van der Waals surface area contributed by atoms with Crippen molar-refractivity contribution >= 4 is 0 Å². The summed E-state index contributed by atoms with van der Waals surface area (Å²) in [7, 11) is 0. The van der Waals surface area contributed by atoms with Gasteiger partial charge in [0, 0.05) is 12.6 Å². The van der Waals surface area contributed by atoms with Crippen LogP contribution in [0.3, 0.4) is 0 Å². The van der Waals surface area contributed by atoms with Crippen molar-refractivity contribution in [2.75, 3.05) is 6.54 Å². The number of hydrogen-bond acceptors (Lipinski definition) is 1. The highest BCUT2D eigenvalue weighted by Gasteiger charge is 2.13. The summed E-state index contributed by atoms with van der Waals surface area (Å²) in [6, 6.07) is 4.66. The lowest BCUT2D eigenvalue weighted by Gasteiger charge is -2.15. The Hall–Kier alpha value is -0.960. The molecule has 0 aromatic heterocycles. The third-order valence-electron chi connectivity index (χ3n) is 2.34. The van der Waals surface area contributed by atoms with Gasteiger partial charge in [-0.1, -0.05) is 32.9 Å². The van der Waals surface area contributed by atoms with E-state index in [2.05, 4.69) is 5.32 Å². The predicted molar refractivity (Wildman–Crippen MR) is 57.9 cm³/mol. The molecule has 0 amide bonds. The number of benzene rings is 1. The highest BCUT2D eigenvalue weighted by molar-refractivity contribution is 5.22. The average molecular weight is 213 g/mol. The van der Waals surface area contributed by atoms with E-state index in [1.165, 1.54) is 0 Å². The van der Waals surface area contributed by atoms with Gasteiger partial charge in [0.05, 0.1) is 0 Å². The highest BCUT2D eigenvalue weighted by atomic mass is 19.2. The molecule has 1 aromatic rings. The van der Waals surface area contributed by atoms with E-state index in [0.717, 1.165) is 6.07 Å². The smallest absolute Gasteiger partial charge is 0.162 e. The van der Waals surface area contributed by atoms with Crippen molar-refractivity contribution in [3.63, 3.8) is 0 Å². The van der Waals surface area contributed by atoms with Gasteiger partial charge in [0.25, 0.3) is 0 Å². The largest absolute Gasteiger partial charge is 0.314 e. The third kappa shape index (κ3) is 3.27. The molecule has 15 heavy (non-hydrogen) atoms. The summed E-state index contributed by atoms with van der Waals surface area (Å²) in [4.78, 5) is 0. The molecule has 1 atom stereocenters. The van der Waals surface area contributed by atoms with Crippen LogP contribution in [0.5, 0.6) is 0 Å². The number of nitrogens with one attached hydrogen (secondary N) is 1. The second kappa shape index (κ2) is 5.21. The predicted octanol–water partition coefficient (Wildman–Crippen LogP) is 3.07. The highest BCUT2D eigenvalue weighted by Crippen LogP contribution is 2.20. The average Bonchev–Trinajstić information content (AvgIpc) is 2.18. The van der Waals surface area contributed by atoms with E-state index in [4.69, 9.17) is 0 Å². The summed E-state index contributed by atoms with van der Waals surface area (Å²) in [5.74, 6) is -1.53. The van der Waals surface area contributed by atoms with Gasteiger partial charge in [0.1, 0.15) is 0 Å². The maximum absolute atomic E-state index is 13.4. The van der Waals surface area contributed by atoms with Crippen LogP contribution in [0.4, 0.5) is 8.78 Å². The fourth-order valence-electron chi connectivity index (χ4n) is 1.42. The number of halogens is 2. The van der Waals surface area contributed by atoms with Crippen molar-refractivity contribution in [1.29, 1.82) is 0 Å². The lowest BCUT2D eigenvalue weighted by Crippen LogP contribution is -2.27. The van der Waals surface area contributed by atoms with Crippen molar-refractivity contribution in [2.24, 2.45) is 0 Å². The topological polar surface area (TPSA) is 12.0 Å². The second-order valence-electron chi connectivity index (χ2n) is 4.11. The van der Waals surface area contributed by atoms with Crippen LogP contribution in [0.1, 0.15) is 32.3 Å². The molecule has 0 aliphatic rings. The lowest BCUT2D eigenvalue weighted by atomic mass is 10.00. The van der Waals surface area contributed by atoms with Gasteiger partial charge in [-0.25, -0.2) is 8.78 Å². The van der Waals surface area contributed by atoms with Gasteiger partial charge in [-0.05, 0) is 17.5 Å². The van der Waals surface area contributed by atoms with Crippen molar-refractivity contribution in [3.8, 4) is 0 Å². The van der Waals surface area contributed by atoms with Crippen molar-refractivity contribution in [1.82, 2.24) is 5.32 Å². The minimum absolute atomic E-state index is 0.0249. The van der Waals surface area contributed by atoms with Crippen LogP contribution in [0.25, 0.3) is 0 Å². The Bertz CT molecular complexity index is 323. The molecule has 0 aliphatic heterocycles. The minimum atomic E-state index is -0.774. The normalized spacial score (nSPS) is 13.2. The molecule has 0 saturated heterocycles. The summed E-state index contributed by atoms with van der Waals surface area (Å²) < 4.78 is 26.3. The van der Waals surface area contributed by atoms with Gasteiger partial charge in [0.15, 0.2) is 11.6 Å². The molecule has 0 saturated carbocycles. The minimum Gasteiger partial charge on any atom is -0.314 e. The van der Waals surface area contributed by atoms with E-state index in [0.29, 0.717) is 18.2 Å². The first-order chi connectivity index (χ1) is 7.02. The van der Waals surface area contributed by atoms with E-state index in [9.17, 15) is 8.78 Å². The lowest BCUT2D eigenvalue weighted by molar-refractivity contribution is 0.478. The molecular formula is C12H17F2N. The zero-order valence-electron chi connectivity index (χ0n) is 9.35. The van der Waals surface area contributed by atoms with Gasteiger partial charge in [-0.15, -0.1) is 0 Å². The van der Waals surface area contributed by atoms with Gasteiger partial charge in [-0.3, -0.25) is 0 Å². The Balaban J connectivity index is 2.73. The van der Waals surface area contributed by atoms with Crippen LogP contribution in [-0.2, 0) is 0 Å². The standard InChI is InChI=1S/C12H17F2N/c1-8(2)15-7-9(3)10-5-4-6-11(13)12(10)14/h4-6,8-9,15H,7H2,1-3H3. The van der Waals surface area contributed by atoms with E-state index < -0.39 is 11.6 Å². The van der Waals surface area contributed by atoms with Crippen molar-refractivity contribution < 1.29 is 8.78 Å². The number of rotatable bonds is 4. The molecule has 0 heterocycles. The first kappa shape index (κ1) is 12.1. The monoisotopic (exact) mass is 213 g/mol. The van der Waals surface area contributed by atoms with Crippen molar-refractivity contribution in [2.45, 2.75) is 32.7 Å². The quantitative estimate of drug-likeness (QED) is 0.810. The van der Waals surface area contributed by atoms with Crippen LogP contribution >= 0.6 is 0 Å². The maximum atomic E-state index is 13.4. The first-order valence-corrected chi connectivity index (χ1v) is 5.19. The second-order valence-corrected chi connectivity index (χ2v) is 4.11. The molecule has 0 aliphatic carbocycles. The molecule has 84 valence electrons. The summed E-state index contributed by atoms with van der Waals surface area (Å²) in [6.45, 7) is 6.58. The maximum Gasteiger partial charge on any atom is 0.162 e. The van der Waals surface area contributed by atoms with Gasteiger partial charge in [0.2, 0.25) is 0 Å². The van der Waals surface area contributed by atoms with E-state index in [-0.39, 0.29) is 5.92 Å². The van der Waals surface area contributed by atoms with Crippen LogP contribution in [-0.4, -0.2) is 12.6 Å². The zero-order chi connectivity index (χ0) is 11.4. The van der Waals surface area contributed by atoms with E-state index in [1.807, 2.05) is 20.8 Å². The summed E-state index contributed by atoms with van der Waals surface area (Å²) in [5.41, 5.74) is 0.433. The third-order valence-corrected chi connectivity index (χ3v) is 2.34. The van der Waals surface area contributed by atoms with E-state index >= 15 is 0 Å². The molecule has 1 rings (SSSR count). The number of hydrogen-bond donors (Lipinski definition) is 1. The van der Waals surface area contributed by atoms with Crippen molar-refractivity contribution in [3.05, 3.63) is 35.4 Å². The summed E-state index contributed by atoms with van der Waals surface area (Å²) >= 11 is 0. The molecular weight excluding hydrogens is 196 g/mol. The fourth-order valence-corrected chi connectivity index (χ4v) is 1.42.